The van der Waals surface area contributed by atoms with Gasteiger partial charge in [0.1, 0.15) is 17.3 Å². The maximum Gasteiger partial charge on any atom is 0.153 e. The molecule has 0 fully saturated rings. The summed E-state index contributed by atoms with van der Waals surface area (Å²) in [5.74, 6) is 1.34. The smallest absolute Gasteiger partial charge is 0.153 e. The fourth-order valence-corrected chi connectivity index (χ4v) is 2.22. The van der Waals surface area contributed by atoms with Gasteiger partial charge in [0, 0.05) is 5.39 Å². The molecule has 19 heavy (non-hydrogen) atoms. The third-order valence-corrected chi connectivity index (χ3v) is 3.26. The highest BCUT2D eigenvalue weighted by atomic mass is 35.5. The van der Waals surface area contributed by atoms with Crippen LogP contribution in [0.4, 0.5) is 0 Å². The van der Waals surface area contributed by atoms with Crippen molar-refractivity contribution in [2.75, 3.05) is 7.11 Å². The van der Waals surface area contributed by atoms with Crippen LogP contribution in [-0.2, 0) is 0 Å². The maximum atomic E-state index is 9.93. The van der Waals surface area contributed by atoms with Crippen LogP contribution in [0.25, 0.3) is 22.3 Å². The molecule has 0 unspecified atom stereocenters. The minimum atomic E-state index is 0.135. The number of aromatic hydroxyl groups is 1. The van der Waals surface area contributed by atoms with Crippen molar-refractivity contribution in [2.45, 2.75) is 0 Å². The Balaban J connectivity index is 2.21. The first kappa shape index (κ1) is 11.9. The van der Waals surface area contributed by atoms with Gasteiger partial charge in [-0.25, -0.2) is 0 Å². The van der Waals surface area contributed by atoms with Crippen LogP contribution >= 0.6 is 11.6 Å². The Hall–Kier alpha value is -2.13. The summed E-state index contributed by atoms with van der Waals surface area (Å²) in [5.41, 5.74) is 1.19. The Labute approximate surface area is 115 Å². The number of halogens is 1. The lowest BCUT2D eigenvalue weighted by Gasteiger charge is -2.04. The van der Waals surface area contributed by atoms with Crippen molar-refractivity contribution >= 4 is 22.6 Å². The number of ether oxygens (including phenoxy) is 1. The van der Waals surface area contributed by atoms with E-state index in [1.807, 2.05) is 18.2 Å². The molecule has 96 valence electrons. The summed E-state index contributed by atoms with van der Waals surface area (Å²) in [4.78, 5) is 0. The van der Waals surface area contributed by atoms with Gasteiger partial charge in [0.15, 0.2) is 5.58 Å². The van der Waals surface area contributed by atoms with Gasteiger partial charge in [-0.05, 0) is 30.3 Å². The van der Waals surface area contributed by atoms with Crippen molar-refractivity contribution in [1.82, 2.24) is 0 Å². The maximum absolute atomic E-state index is 9.93. The summed E-state index contributed by atoms with van der Waals surface area (Å²) in [6.07, 6.45) is 0. The van der Waals surface area contributed by atoms with Crippen LogP contribution in [0, 0.1) is 0 Å². The third-order valence-electron chi connectivity index (χ3n) is 2.97. The summed E-state index contributed by atoms with van der Waals surface area (Å²) in [6.45, 7) is 0. The molecule has 1 aromatic heterocycles. The molecule has 0 aliphatic heterocycles. The SMILES string of the molecule is COc1ccc(O)c(-c2cc3cccc(Cl)c3o2)c1. The standard InChI is InChI=1S/C15H11ClO3/c1-18-10-5-6-13(17)11(8-10)14-7-9-3-2-4-12(16)15(9)19-14/h2-8,17H,1H3. The number of hydrogen-bond donors (Lipinski definition) is 1. The van der Waals surface area contributed by atoms with Crippen LogP contribution in [0.3, 0.4) is 0 Å². The zero-order chi connectivity index (χ0) is 13.4. The molecule has 0 spiro atoms. The summed E-state index contributed by atoms with van der Waals surface area (Å²) in [5, 5.41) is 11.4. The van der Waals surface area contributed by atoms with Crippen molar-refractivity contribution in [3.8, 4) is 22.8 Å². The van der Waals surface area contributed by atoms with Crippen LogP contribution in [0.2, 0.25) is 5.02 Å². The fourth-order valence-electron chi connectivity index (χ4n) is 2.00. The number of phenolic OH excluding ortho intramolecular Hbond substituents is 1. The fraction of sp³-hybridized carbons (Fsp3) is 0.0667. The molecule has 3 nitrogen and oxygen atoms in total. The number of phenols is 1. The number of hydrogen-bond acceptors (Lipinski definition) is 3. The quantitative estimate of drug-likeness (QED) is 0.750. The van der Waals surface area contributed by atoms with Crippen molar-refractivity contribution in [2.24, 2.45) is 0 Å². The van der Waals surface area contributed by atoms with Crippen molar-refractivity contribution in [1.29, 1.82) is 0 Å². The Morgan fingerprint density at radius 3 is 2.74 bits per heavy atom. The number of benzene rings is 2. The van der Waals surface area contributed by atoms with Crippen molar-refractivity contribution in [3.63, 3.8) is 0 Å². The molecule has 0 atom stereocenters. The highest BCUT2D eigenvalue weighted by Gasteiger charge is 2.13. The highest BCUT2D eigenvalue weighted by molar-refractivity contribution is 6.34. The van der Waals surface area contributed by atoms with Gasteiger partial charge in [0.05, 0.1) is 17.7 Å². The third kappa shape index (κ3) is 2.02. The van der Waals surface area contributed by atoms with Crippen molar-refractivity contribution < 1.29 is 14.3 Å². The first-order chi connectivity index (χ1) is 9.19. The lowest BCUT2D eigenvalue weighted by atomic mass is 10.1. The molecule has 1 N–H and O–H groups in total. The van der Waals surface area contributed by atoms with E-state index in [0.717, 1.165) is 5.39 Å². The largest absolute Gasteiger partial charge is 0.507 e. The van der Waals surface area contributed by atoms with Gasteiger partial charge < -0.3 is 14.3 Å². The number of furan rings is 1. The van der Waals surface area contributed by atoms with E-state index in [4.69, 9.17) is 20.8 Å². The average molecular weight is 275 g/mol. The van der Waals surface area contributed by atoms with Crippen LogP contribution in [0.15, 0.2) is 46.9 Å². The van der Waals surface area contributed by atoms with E-state index in [-0.39, 0.29) is 5.75 Å². The molecule has 1 heterocycles. The van der Waals surface area contributed by atoms with Gasteiger partial charge in [-0.15, -0.1) is 0 Å². The van der Waals surface area contributed by atoms with E-state index in [0.29, 0.717) is 27.7 Å². The molecule has 0 saturated carbocycles. The molecule has 4 heteroatoms. The van der Waals surface area contributed by atoms with E-state index in [1.165, 1.54) is 0 Å². The summed E-state index contributed by atoms with van der Waals surface area (Å²) >= 11 is 6.08. The predicted octanol–water partition coefficient (Wildman–Crippen LogP) is 4.47. The summed E-state index contributed by atoms with van der Waals surface area (Å²) < 4.78 is 10.9. The lowest BCUT2D eigenvalue weighted by molar-refractivity contribution is 0.412. The lowest BCUT2D eigenvalue weighted by Crippen LogP contribution is -1.83. The number of rotatable bonds is 2. The van der Waals surface area contributed by atoms with Crippen LogP contribution in [0.1, 0.15) is 0 Å². The Morgan fingerprint density at radius 2 is 2.00 bits per heavy atom. The second-order valence-corrected chi connectivity index (χ2v) is 4.56. The first-order valence-corrected chi connectivity index (χ1v) is 6.12. The normalized spacial score (nSPS) is 10.8. The van der Waals surface area contributed by atoms with E-state index >= 15 is 0 Å². The topological polar surface area (TPSA) is 42.6 Å². The molecule has 0 amide bonds. The number of methoxy groups -OCH3 is 1. The number of fused-ring (bicyclic) bond motifs is 1. The van der Waals surface area contributed by atoms with E-state index in [9.17, 15) is 5.11 Å². The Kier molecular flexibility index (Phi) is 2.84. The van der Waals surface area contributed by atoms with Crippen LogP contribution in [-0.4, -0.2) is 12.2 Å². The first-order valence-electron chi connectivity index (χ1n) is 5.74. The second-order valence-electron chi connectivity index (χ2n) is 4.15. The average Bonchev–Trinajstić information content (AvgIpc) is 2.84. The van der Waals surface area contributed by atoms with Gasteiger partial charge >= 0.3 is 0 Å². The molecular weight excluding hydrogens is 264 g/mol. The predicted molar refractivity (Wildman–Crippen MR) is 74.9 cm³/mol. The van der Waals surface area contributed by atoms with E-state index in [1.54, 1.807) is 31.4 Å². The van der Waals surface area contributed by atoms with Gasteiger partial charge in [-0.2, -0.15) is 0 Å². The van der Waals surface area contributed by atoms with Crippen LogP contribution < -0.4 is 4.74 Å². The van der Waals surface area contributed by atoms with Gasteiger partial charge in [0.2, 0.25) is 0 Å². The van der Waals surface area contributed by atoms with E-state index in [2.05, 4.69) is 0 Å². The molecule has 0 aliphatic carbocycles. The highest BCUT2D eigenvalue weighted by Crippen LogP contribution is 2.37. The summed E-state index contributed by atoms with van der Waals surface area (Å²) in [6, 6.07) is 12.4. The monoisotopic (exact) mass is 274 g/mol. The molecule has 0 radical (unpaired) electrons. The molecule has 0 saturated heterocycles. The van der Waals surface area contributed by atoms with Crippen molar-refractivity contribution in [3.05, 3.63) is 47.5 Å². The Bertz CT molecular complexity index is 746. The molecular formula is C15H11ClO3. The molecule has 0 bridgehead atoms. The van der Waals surface area contributed by atoms with Crippen LogP contribution in [0.5, 0.6) is 11.5 Å². The second kappa shape index (κ2) is 4.52. The van der Waals surface area contributed by atoms with Gasteiger partial charge in [0.25, 0.3) is 0 Å². The molecule has 0 aliphatic rings. The molecule has 3 rings (SSSR count). The minimum absolute atomic E-state index is 0.135. The zero-order valence-electron chi connectivity index (χ0n) is 10.2. The Morgan fingerprint density at radius 1 is 1.16 bits per heavy atom. The molecule has 2 aromatic carbocycles. The number of para-hydroxylation sites is 1. The minimum Gasteiger partial charge on any atom is -0.507 e. The van der Waals surface area contributed by atoms with Gasteiger partial charge in [-0.1, -0.05) is 23.7 Å². The van der Waals surface area contributed by atoms with E-state index < -0.39 is 0 Å². The molecule has 3 aromatic rings. The summed E-state index contributed by atoms with van der Waals surface area (Å²) in [7, 11) is 1.58. The van der Waals surface area contributed by atoms with Gasteiger partial charge in [-0.3, -0.25) is 0 Å². The zero-order valence-corrected chi connectivity index (χ0v) is 10.9.